The summed E-state index contributed by atoms with van der Waals surface area (Å²) in [4.78, 5) is 0. The Balaban J connectivity index is 1.68. The van der Waals surface area contributed by atoms with Crippen LogP contribution in [0.15, 0.2) is 0 Å². The Morgan fingerprint density at radius 3 is 2.93 bits per heavy atom. The van der Waals surface area contributed by atoms with Crippen molar-refractivity contribution in [3.63, 3.8) is 0 Å². The fourth-order valence-corrected chi connectivity index (χ4v) is 2.41. The zero-order valence-corrected chi connectivity index (χ0v) is 9.15. The minimum Gasteiger partial charge on any atom is -0.394 e. The van der Waals surface area contributed by atoms with E-state index in [1.54, 1.807) is 0 Å². The molecule has 0 bridgehead atoms. The predicted molar refractivity (Wildman–Crippen MR) is 56.6 cm³/mol. The van der Waals surface area contributed by atoms with Gasteiger partial charge in [-0.3, -0.25) is 0 Å². The SMILES string of the molecule is NC1(CO)CCC(OCC2CCCO2)C1. The van der Waals surface area contributed by atoms with Crippen LogP contribution in [-0.2, 0) is 9.47 Å². The molecule has 4 nitrogen and oxygen atoms in total. The van der Waals surface area contributed by atoms with E-state index in [4.69, 9.17) is 20.3 Å². The molecule has 3 N–H and O–H groups in total. The summed E-state index contributed by atoms with van der Waals surface area (Å²) in [5.74, 6) is 0. The minimum absolute atomic E-state index is 0.0623. The first kappa shape index (κ1) is 11.3. The van der Waals surface area contributed by atoms with Crippen molar-refractivity contribution in [2.24, 2.45) is 5.73 Å². The van der Waals surface area contributed by atoms with Crippen LogP contribution in [0, 0.1) is 0 Å². The van der Waals surface area contributed by atoms with Gasteiger partial charge in [0.15, 0.2) is 0 Å². The molecule has 1 heterocycles. The molecule has 0 spiro atoms. The molecule has 15 heavy (non-hydrogen) atoms. The van der Waals surface area contributed by atoms with Crippen molar-refractivity contribution in [1.82, 2.24) is 0 Å². The molecule has 1 saturated heterocycles. The monoisotopic (exact) mass is 215 g/mol. The van der Waals surface area contributed by atoms with Crippen LogP contribution < -0.4 is 5.73 Å². The Hall–Kier alpha value is -0.160. The van der Waals surface area contributed by atoms with E-state index in [1.165, 1.54) is 0 Å². The lowest BCUT2D eigenvalue weighted by molar-refractivity contribution is -0.0204. The Morgan fingerprint density at radius 1 is 1.47 bits per heavy atom. The second kappa shape index (κ2) is 4.78. The van der Waals surface area contributed by atoms with Gasteiger partial charge in [-0.1, -0.05) is 0 Å². The van der Waals surface area contributed by atoms with Gasteiger partial charge < -0.3 is 20.3 Å². The lowest BCUT2D eigenvalue weighted by Crippen LogP contribution is -2.41. The first-order chi connectivity index (χ1) is 7.22. The van der Waals surface area contributed by atoms with E-state index in [0.29, 0.717) is 6.61 Å². The number of ether oxygens (including phenoxy) is 2. The third-order valence-electron chi connectivity index (χ3n) is 3.46. The number of hydrogen-bond acceptors (Lipinski definition) is 4. The zero-order valence-electron chi connectivity index (χ0n) is 9.15. The Labute approximate surface area is 90.7 Å². The molecule has 2 fully saturated rings. The van der Waals surface area contributed by atoms with Crippen LogP contribution in [-0.4, -0.2) is 42.7 Å². The topological polar surface area (TPSA) is 64.7 Å². The maximum absolute atomic E-state index is 9.12. The molecular weight excluding hydrogens is 194 g/mol. The molecule has 3 unspecified atom stereocenters. The normalized spacial score (nSPS) is 41.2. The van der Waals surface area contributed by atoms with Gasteiger partial charge in [0.25, 0.3) is 0 Å². The van der Waals surface area contributed by atoms with Crippen LogP contribution in [0.2, 0.25) is 0 Å². The second-order valence-corrected chi connectivity index (χ2v) is 4.85. The maximum atomic E-state index is 9.12. The van der Waals surface area contributed by atoms with E-state index in [9.17, 15) is 0 Å². The first-order valence-corrected chi connectivity index (χ1v) is 5.85. The molecule has 0 aromatic heterocycles. The zero-order chi connectivity index (χ0) is 10.7. The summed E-state index contributed by atoms with van der Waals surface area (Å²) < 4.78 is 11.3. The molecule has 2 aliphatic rings. The van der Waals surface area contributed by atoms with Crippen LogP contribution in [0.3, 0.4) is 0 Å². The molecule has 0 amide bonds. The molecule has 2 rings (SSSR count). The Kier molecular flexibility index (Phi) is 3.61. The molecule has 3 atom stereocenters. The van der Waals surface area contributed by atoms with Crippen LogP contribution in [0.25, 0.3) is 0 Å². The molecule has 1 saturated carbocycles. The summed E-state index contributed by atoms with van der Waals surface area (Å²) in [5.41, 5.74) is 5.57. The molecule has 0 aromatic carbocycles. The van der Waals surface area contributed by atoms with Crippen molar-refractivity contribution >= 4 is 0 Å². The quantitative estimate of drug-likeness (QED) is 0.713. The number of aliphatic hydroxyl groups is 1. The summed E-state index contributed by atoms with van der Waals surface area (Å²) in [6, 6.07) is 0. The van der Waals surface area contributed by atoms with Gasteiger partial charge in [0.2, 0.25) is 0 Å². The number of rotatable bonds is 4. The van der Waals surface area contributed by atoms with Crippen LogP contribution >= 0.6 is 0 Å². The summed E-state index contributed by atoms with van der Waals surface area (Å²) in [6.45, 7) is 1.62. The van der Waals surface area contributed by atoms with E-state index in [2.05, 4.69) is 0 Å². The fourth-order valence-electron chi connectivity index (χ4n) is 2.41. The van der Waals surface area contributed by atoms with Crippen molar-refractivity contribution in [3.8, 4) is 0 Å². The molecule has 88 valence electrons. The highest BCUT2D eigenvalue weighted by atomic mass is 16.5. The molecule has 4 heteroatoms. The third-order valence-corrected chi connectivity index (χ3v) is 3.46. The summed E-state index contributed by atoms with van der Waals surface area (Å²) in [6.07, 6.45) is 5.36. The summed E-state index contributed by atoms with van der Waals surface area (Å²) in [7, 11) is 0. The third kappa shape index (κ3) is 2.91. The van der Waals surface area contributed by atoms with Crippen LogP contribution in [0.5, 0.6) is 0 Å². The number of aliphatic hydroxyl groups excluding tert-OH is 1. The highest BCUT2D eigenvalue weighted by molar-refractivity contribution is 4.93. The van der Waals surface area contributed by atoms with Crippen LogP contribution in [0.4, 0.5) is 0 Å². The van der Waals surface area contributed by atoms with Crippen molar-refractivity contribution < 1.29 is 14.6 Å². The minimum atomic E-state index is -0.402. The van der Waals surface area contributed by atoms with Gasteiger partial charge >= 0.3 is 0 Å². The highest BCUT2D eigenvalue weighted by Crippen LogP contribution is 2.29. The fraction of sp³-hybridized carbons (Fsp3) is 1.00. The van der Waals surface area contributed by atoms with E-state index in [0.717, 1.165) is 38.7 Å². The van der Waals surface area contributed by atoms with Crippen molar-refractivity contribution in [2.75, 3.05) is 19.8 Å². The summed E-state index contributed by atoms with van der Waals surface area (Å²) >= 11 is 0. The Bertz CT molecular complexity index is 206. The maximum Gasteiger partial charge on any atom is 0.0809 e. The molecule has 1 aliphatic heterocycles. The van der Waals surface area contributed by atoms with E-state index in [-0.39, 0.29) is 18.8 Å². The molecule has 0 radical (unpaired) electrons. The number of hydrogen-bond donors (Lipinski definition) is 2. The second-order valence-electron chi connectivity index (χ2n) is 4.85. The van der Waals surface area contributed by atoms with Gasteiger partial charge in [0.1, 0.15) is 0 Å². The smallest absolute Gasteiger partial charge is 0.0809 e. The van der Waals surface area contributed by atoms with Gasteiger partial charge in [0, 0.05) is 12.1 Å². The van der Waals surface area contributed by atoms with E-state index >= 15 is 0 Å². The van der Waals surface area contributed by atoms with Gasteiger partial charge in [-0.25, -0.2) is 0 Å². The Morgan fingerprint density at radius 2 is 2.33 bits per heavy atom. The molecule has 0 aromatic rings. The van der Waals surface area contributed by atoms with E-state index < -0.39 is 5.54 Å². The average Bonchev–Trinajstić information content (AvgIpc) is 2.85. The van der Waals surface area contributed by atoms with Crippen molar-refractivity contribution in [3.05, 3.63) is 0 Å². The predicted octanol–water partition coefficient (Wildman–Crippen LogP) is 0.424. The average molecular weight is 215 g/mol. The lowest BCUT2D eigenvalue weighted by Gasteiger charge is -2.21. The van der Waals surface area contributed by atoms with Gasteiger partial charge in [-0.15, -0.1) is 0 Å². The number of nitrogens with two attached hydrogens (primary N) is 1. The van der Waals surface area contributed by atoms with Gasteiger partial charge in [0.05, 0.1) is 25.4 Å². The summed E-state index contributed by atoms with van der Waals surface area (Å²) in [5, 5.41) is 9.12. The molecule has 1 aliphatic carbocycles. The van der Waals surface area contributed by atoms with Gasteiger partial charge in [-0.2, -0.15) is 0 Å². The largest absolute Gasteiger partial charge is 0.394 e. The van der Waals surface area contributed by atoms with Crippen molar-refractivity contribution in [1.29, 1.82) is 0 Å². The van der Waals surface area contributed by atoms with Gasteiger partial charge in [-0.05, 0) is 32.1 Å². The standard InChI is InChI=1S/C11H21NO3/c12-11(8-13)4-3-9(6-11)15-7-10-2-1-5-14-10/h9-10,13H,1-8,12H2. The highest BCUT2D eigenvalue weighted by Gasteiger charge is 2.36. The van der Waals surface area contributed by atoms with Crippen LogP contribution in [0.1, 0.15) is 32.1 Å². The van der Waals surface area contributed by atoms with Crippen molar-refractivity contribution in [2.45, 2.75) is 49.9 Å². The first-order valence-electron chi connectivity index (χ1n) is 5.85. The van der Waals surface area contributed by atoms with E-state index in [1.807, 2.05) is 0 Å². The molecular formula is C11H21NO3. The lowest BCUT2D eigenvalue weighted by atomic mass is 10.0.